The molecule has 0 amide bonds. The van der Waals surface area contributed by atoms with Gasteiger partial charge < -0.3 is 18.6 Å². The molecular weight excluding hydrogens is 346 g/mol. The maximum atomic E-state index is 6.34. The first kappa shape index (κ1) is 22.5. The lowest BCUT2D eigenvalue weighted by atomic mass is 10.1. The van der Waals surface area contributed by atoms with Crippen LogP contribution < -0.4 is 14.2 Å². The van der Waals surface area contributed by atoms with Crippen molar-refractivity contribution in [1.82, 2.24) is 0 Å². The van der Waals surface area contributed by atoms with Crippen molar-refractivity contribution in [3.8, 4) is 17.2 Å². The van der Waals surface area contributed by atoms with Gasteiger partial charge in [0.15, 0.2) is 8.32 Å². The predicted molar refractivity (Wildman–Crippen MR) is 111 cm³/mol. The number of aliphatic imine (C=N–C) groups is 1. The molecule has 148 valence electrons. The summed E-state index contributed by atoms with van der Waals surface area (Å²) in [6.07, 6.45) is 1.80. The van der Waals surface area contributed by atoms with Gasteiger partial charge in [0.25, 0.3) is 0 Å². The van der Waals surface area contributed by atoms with Crippen molar-refractivity contribution in [3.05, 3.63) is 17.7 Å². The first-order chi connectivity index (χ1) is 11.9. The van der Waals surface area contributed by atoms with Crippen LogP contribution in [0.1, 0.15) is 40.2 Å². The summed E-state index contributed by atoms with van der Waals surface area (Å²) in [6, 6.07) is 3.64. The molecule has 1 aromatic carbocycles. The van der Waals surface area contributed by atoms with Gasteiger partial charge in [-0.3, -0.25) is 4.99 Å². The summed E-state index contributed by atoms with van der Waals surface area (Å²) in [7, 11) is 3.05. The summed E-state index contributed by atoms with van der Waals surface area (Å²) in [4.78, 5) is 4.76. The van der Waals surface area contributed by atoms with Crippen molar-refractivity contribution < 1.29 is 18.6 Å². The fraction of sp³-hybridized carbons (Fsp3) is 0.650. The lowest BCUT2D eigenvalue weighted by Crippen LogP contribution is -2.44. The number of nitrogens with zero attached hydrogens (tertiary/aromatic N) is 1. The van der Waals surface area contributed by atoms with Gasteiger partial charge in [-0.05, 0) is 32.0 Å². The standard InChI is InChI=1S/C20H35NO4Si/c1-19(2,3)26(9,10)25-14-20(4,5)21-13-16-17(23-7)11-15(22-6)12-18(16)24-8/h11-13H,14H2,1-10H3. The molecule has 0 aliphatic carbocycles. The minimum absolute atomic E-state index is 0.176. The van der Waals surface area contributed by atoms with Crippen LogP contribution in [0.5, 0.6) is 17.2 Å². The number of hydrogen-bond acceptors (Lipinski definition) is 5. The van der Waals surface area contributed by atoms with Crippen LogP contribution >= 0.6 is 0 Å². The molecular formula is C20H35NO4Si. The second-order valence-electron chi connectivity index (χ2n) is 8.57. The number of benzene rings is 1. The summed E-state index contributed by atoms with van der Waals surface area (Å²) in [5, 5.41) is 0.176. The van der Waals surface area contributed by atoms with Crippen LogP contribution in [0.4, 0.5) is 0 Å². The van der Waals surface area contributed by atoms with E-state index in [-0.39, 0.29) is 10.6 Å². The third-order valence-corrected chi connectivity index (χ3v) is 9.37. The van der Waals surface area contributed by atoms with Gasteiger partial charge in [-0.25, -0.2) is 0 Å². The van der Waals surface area contributed by atoms with E-state index in [0.29, 0.717) is 23.9 Å². The molecule has 0 unspecified atom stereocenters. The van der Waals surface area contributed by atoms with Gasteiger partial charge >= 0.3 is 0 Å². The molecule has 0 saturated carbocycles. The molecule has 0 aliphatic heterocycles. The Labute approximate surface area is 159 Å². The maximum Gasteiger partial charge on any atom is 0.192 e. The van der Waals surface area contributed by atoms with Gasteiger partial charge in [0, 0.05) is 18.3 Å². The Kier molecular flexibility index (Phi) is 7.30. The normalized spacial score (nSPS) is 13.2. The largest absolute Gasteiger partial charge is 0.496 e. The topological polar surface area (TPSA) is 49.3 Å². The van der Waals surface area contributed by atoms with E-state index in [9.17, 15) is 0 Å². The highest BCUT2D eigenvalue weighted by Gasteiger charge is 2.38. The highest BCUT2D eigenvalue weighted by molar-refractivity contribution is 6.74. The molecule has 0 N–H and O–H groups in total. The molecule has 26 heavy (non-hydrogen) atoms. The number of rotatable bonds is 8. The van der Waals surface area contributed by atoms with E-state index < -0.39 is 8.32 Å². The van der Waals surface area contributed by atoms with Crippen molar-refractivity contribution in [2.75, 3.05) is 27.9 Å². The van der Waals surface area contributed by atoms with Crippen LogP contribution in [-0.4, -0.2) is 48.0 Å². The zero-order chi connectivity index (χ0) is 20.2. The zero-order valence-corrected chi connectivity index (χ0v) is 19.0. The monoisotopic (exact) mass is 381 g/mol. The molecule has 0 radical (unpaired) electrons. The summed E-state index contributed by atoms with van der Waals surface area (Å²) in [5.74, 6) is 1.99. The Balaban J connectivity index is 3.04. The molecule has 0 saturated heterocycles. The first-order valence-corrected chi connectivity index (χ1v) is 11.8. The molecule has 1 aromatic rings. The number of methoxy groups -OCH3 is 3. The van der Waals surface area contributed by atoms with Crippen molar-refractivity contribution in [1.29, 1.82) is 0 Å². The van der Waals surface area contributed by atoms with Crippen molar-refractivity contribution in [2.24, 2.45) is 4.99 Å². The van der Waals surface area contributed by atoms with E-state index in [1.165, 1.54) is 0 Å². The molecule has 0 aromatic heterocycles. The quantitative estimate of drug-likeness (QED) is 0.473. The summed E-state index contributed by atoms with van der Waals surface area (Å²) in [6.45, 7) is 15.9. The maximum absolute atomic E-state index is 6.34. The second-order valence-corrected chi connectivity index (χ2v) is 13.4. The van der Waals surface area contributed by atoms with Crippen LogP contribution in [0.15, 0.2) is 17.1 Å². The van der Waals surface area contributed by atoms with Crippen LogP contribution in [0.3, 0.4) is 0 Å². The summed E-state index contributed by atoms with van der Waals surface area (Å²) in [5.41, 5.74) is 0.432. The molecule has 0 fully saturated rings. The van der Waals surface area contributed by atoms with Gasteiger partial charge in [-0.15, -0.1) is 0 Å². The Morgan fingerprint density at radius 2 is 1.42 bits per heavy atom. The van der Waals surface area contributed by atoms with Gasteiger partial charge in [0.05, 0.1) is 39.0 Å². The molecule has 5 nitrogen and oxygen atoms in total. The van der Waals surface area contributed by atoms with Crippen LogP contribution in [0.2, 0.25) is 18.1 Å². The van der Waals surface area contributed by atoms with Gasteiger partial charge in [-0.1, -0.05) is 20.8 Å². The molecule has 0 bridgehead atoms. The van der Waals surface area contributed by atoms with Crippen molar-refractivity contribution >= 4 is 14.5 Å². The Morgan fingerprint density at radius 1 is 0.923 bits per heavy atom. The second kappa shape index (κ2) is 8.44. The SMILES string of the molecule is COc1cc(OC)c(C=NC(C)(C)CO[Si](C)(C)C(C)(C)C)c(OC)c1. The Morgan fingerprint density at radius 3 is 1.81 bits per heavy atom. The highest BCUT2D eigenvalue weighted by Crippen LogP contribution is 2.37. The third-order valence-electron chi connectivity index (χ3n) is 4.89. The highest BCUT2D eigenvalue weighted by atomic mass is 28.4. The van der Waals surface area contributed by atoms with E-state index in [4.69, 9.17) is 23.6 Å². The predicted octanol–water partition coefficient (Wildman–Crippen LogP) is 4.93. The lowest BCUT2D eigenvalue weighted by molar-refractivity contribution is 0.224. The fourth-order valence-electron chi connectivity index (χ4n) is 2.01. The average Bonchev–Trinajstić information content (AvgIpc) is 2.56. The Hall–Kier alpha value is -1.53. The van der Waals surface area contributed by atoms with Crippen LogP contribution in [0.25, 0.3) is 0 Å². The van der Waals surface area contributed by atoms with E-state index in [1.54, 1.807) is 27.5 Å². The molecule has 0 heterocycles. The summed E-state index contributed by atoms with van der Waals surface area (Å²) >= 11 is 0. The molecule has 0 spiro atoms. The van der Waals surface area contributed by atoms with E-state index in [0.717, 1.165) is 5.56 Å². The average molecular weight is 382 g/mol. The zero-order valence-electron chi connectivity index (χ0n) is 18.0. The number of ether oxygens (including phenoxy) is 3. The van der Waals surface area contributed by atoms with E-state index in [1.807, 2.05) is 12.1 Å². The van der Waals surface area contributed by atoms with E-state index in [2.05, 4.69) is 47.7 Å². The van der Waals surface area contributed by atoms with E-state index >= 15 is 0 Å². The number of hydrogen-bond donors (Lipinski definition) is 0. The lowest BCUT2D eigenvalue weighted by Gasteiger charge is -2.38. The van der Waals surface area contributed by atoms with Gasteiger partial charge in [-0.2, -0.15) is 0 Å². The van der Waals surface area contributed by atoms with Gasteiger partial charge in [0.1, 0.15) is 17.2 Å². The van der Waals surface area contributed by atoms with Crippen molar-refractivity contribution in [2.45, 2.75) is 58.3 Å². The van der Waals surface area contributed by atoms with Gasteiger partial charge in [0.2, 0.25) is 0 Å². The first-order valence-electron chi connectivity index (χ1n) is 8.86. The minimum Gasteiger partial charge on any atom is -0.496 e. The summed E-state index contributed by atoms with van der Waals surface area (Å²) < 4.78 is 22.6. The van der Waals surface area contributed by atoms with Crippen molar-refractivity contribution in [3.63, 3.8) is 0 Å². The molecule has 0 atom stereocenters. The minimum atomic E-state index is -1.81. The smallest absolute Gasteiger partial charge is 0.192 e. The van der Waals surface area contributed by atoms with Crippen LogP contribution in [0, 0.1) is 0 Å². The molecule has 1 rings (SSSR count). The Bertz CT molecular complexity index is 608. The molecule has 0 aliphatic rings. The third kappa shape index (κ3) is 5.74. The van der Waals surface area contributed by atoms with Crippen LogP contribution in [-0.2, 0) is 4.43 Å². The fourth-order valence-corrected chi connectivity index (χ4v) is 3.16. The molecule has 6 heteroatoms.